The summed E-state index contributed by atoms with van der Waals surface area (Å²) < 4.78 is 0. The van der Waals surface area contributed by atoms with Crippen molar-refractivity contribution in [3.63, 3.8) is 0 Å². The monoisotopic (exact) mass is 520 g/mol. The van der Waals surface area contributed by atoms with Crippen LogP contribution < -0.4 is 5.32 Å². The Balaban J connectivity index is 0.00000304. The molecule has 7 heteroatoms. The molecular weight excluding hydrogens is 488 g/mol. The second-order valence-corrected chi connectivity index (χ2v) is 10.9. The molecule has 3 aromatic rings. The fourth-order valence-corrected chi connectivity index (χ4v) is 6.27. The SMILES string of the molecule is Cl.N#Cc1ccc2c(c1)CCN(CCC1CCC(NC(=O)c3ccc(-c4ccccn4)s3)CC1)CC2. The standard InChI is InChI=1S/C29H32N4OS.ClH/c30-20-22-4-7-23-13-17-33(18-14-24(23)19-22)16-12-21-5-8-25(9-6-21)32-29(34)28-11-10-27(35-28)26-3-1-2-15-31-26;/h1-4,7,10-11,15,19,21,25H,5-6,8-9,12-14,16-18H2,(H,32,34);1H. The van der Waals surface area contributed by atoms with Gasteiger partial charge in [0.1, 0.15) is 0 Å². The van der Waals surface area contributed by atoms with Crippen LogP contribution in [0.1, 0.15) is 58.5 Å². The van der Waals surface area contributed by atoms with Crippen LogP contribution in [-0.2, 0) is 12.8 Å². The normalized spacial score (nSPS) is 19.9. The number of nitriles is 1. The number of fused-ring (bicyclic) bond motifs is 1. The van der Waals surface area contributed by atoms with Crippen molar-refractivity contribution in [3.05, 3.63) is 76.3 Å². The fraction of sp³-hybridized carbons (Fsp3) is 0.414. The van der Waals surface area contributed by atoms with Gasteiger partial charge in [-0.15, -0.1) is 23.7 Å². The van der Waals surface area contributed by atoms with Gasteiger partial charge in [0.2, 0.25) is 0 Å². The molecule has 0 bridgehead atoms. The van der Waals surface area contributed by atoms with E-state index in [0.29, 0.717) is 0 Å². The quantitative estimate of drug-likeness (QED) is 0.440. The predicted octanol–water partition coefficient (Wildman–Crippen LogP) is 5.88. The first-order valence-corrected chi connectivity index (χ1v) is 13.6. The molecule has 5 rings (SSSR count). The summed E-state index contributed by atoms with van der Waals surface area (Å²) >= 11 is 1.51. The van der Waals surface area contributed by atoms with E-state index < -0.39 is 0 Å². The highest BCUT2D eigenvalue weighted by molar-refractivity contribution is 7.17. The van der Waals surface area contributed by atoms with Gasteiger partial charge in [-0.2, -0.15) is 5.26 Å². The van der Waals surface area contributed by atoms with Gasteiger partial charge in [0.05, 0.1) is 27.1 Å². The molecule has 188 valence electrons. The molecule has 5 nitrogen and oxygen atoms in total. The molecule has 0 radical (unpaired) electrons. The predicted molar refractivity (Wildman–Crippen MR) is 148 cm³/mol. The summed E-state index contributed by atoms with van der Waals surface area (Å²) in [5.74, 6) is 0.792. The van der Waals surface area contributed by atoms with Gasteiger partial charge in [0.25, 0.3) is 5.91 Å². The van der Waals surface area contributed by atoms with Gasteiger partial charge in [-0.05, 0) is 105 Å². The lowest BCUT2D eigenvalue weighted by atomic mass is 9.84. The molecule has 36 heavy (non-hydrogen) atoms. The average Bonchev–Trinajstić information content (AvgIpc) is 3.32. The Bertz CT molecular complexity index is 1200. The van der Waals surface area contributed by atoms with Crippen LogP contribution >= 0.6 is 23.7 Å². The highest BCUT2D eigenvalue weighted by Gasteiger charge is 2.24. The van der Waals surface area contributed by atoms with Crippen molar-refractivity contribution in [1.29, 1.82) is 5.26 Å². The number of carbonyl (C=O) groups excluding carboxylic acids is 1. The number of thiophene rings is 1. The Morgan fingerprint density at radius 3 is 2.61 bits per heavy atom. The van der Waals surface area contributed by atoms with Crippen molar-refractivity contribution < 1.29 is 4.79 Å². The fourth-order valence-electron chi connectivity index (χ4n) is 5.39. The van der Waals surface area contributed by atoms with Gasteiger partial charge in [0.15, 0.2) is 0 Å². The van der Waals surface area contributed by atoms with Gasteiger partial charge in [-0.1, -0.05) is 12.1 Å². The molecule has 0 spiro atoms. The minimum atomic E-state index is 0. The number of hydrogen-bond donors (Lipinski definition) is 1. The van der Waals surface area contributed by atoms with E-state index in [0.717, 1.165) is 72.2 Å². The molecular formula is C29H33ClN4OS. The van der Waals surface area contributed by atoms with Gasteiger partial charge >= 0.3 is 0 Å². The third-order valence-electron chi connectivity index (χ3n) is 7.51. The number of hydrogen-bond acceptors (Lipinski definition) is 5. The topological polar surface area (TPSA) is 69.0 Å². The molecule has 1 saturated carbocycles. The zero-order valence-electron chi connectivity index (χ0n) is 20.5. The Labute approximate surface area is 224 Å². The lowest BCUT2D eigenvalue weighted by Crippen LogP contribution is -2.38. The van der Waals surface area contributed by atoms with E-state index >= 15 is 0 Å². The minimum absolute atomic E-state index is 0. The van der Waals surface area contributed by atoms with Crippen molar-refractivity contribution >= 4 is 29.7 Å². The van der Waals surface area contributed by atoms with E-state index in [1.807, 2.05) is 36.4 Å². The molecule has 1 aliphatic heterocycles. The number of rotatable bonds is 6. The first-order valence-electron chi connectivity index (χ1n) is 12.7. The molecule has 0 unspecified atom stereocenters. The maximum atomic E-state index is 12.8. The maximum Gasteiger partial charge on any atom is 0.261 e. The van der Waals surface area contributed by atoms with Gasteiger partial charge in [-0.25, -0.2) is 0 Å². The lowest BCUT2D eigenvalue weighted by Gasteiger charge is -2.30. The number of nitrogens with zero attached hydrogens (tertiary/aromatic N) is 3. The number of halogens is 1. The number of nitrogens with one attached hydrogen (secondary N) is 1. The van der Waals surface area contributed by atoms with Crippen molar-refractivity contribution in [1.82, 2.24) is 15.2 Å². The van der Waals surface area contributed by atoms with Crippen molar-refractivity contribution in [2.24, 2.45) is 5.92 Å². The summed E-state index contributed by atoms with van der Waals surface area (Å²) in [6.45, 7) is 3.33. The smallest absolute Gasteiger partial charge is 0.261 e. The molecule has 3 heterocycles. The zero-order valence-corrected chi connectivity index (χ0v) is 22.1. The summed E-state index contributed by atoms with van der Waals surface area (Å²) in [6, 6.07) is 18.5. The average molecular weight is 521 g/mol. The molecule has 1 fully saturated rings. The Morgan fingerprint density at radius 2 is 1.86 bits per heavy atom. The molecule has 0 atom stereocenters. The van der Waals surface area contributed by atoms with Crippen LogP contribution in [0.25, 0.3) is 10.6 Å². The zero-order chi connectivity index (χ0) is 24.0. The van der Waals surface area contributed by atoms with Crippen molar-refractivity contribution in [2.45, 2.75) is 51.0 Å². The summed E-state index contributed by atoms with van der Waals surface area (Å²) in [5, 5.41) is 12.4. The molecule has 0 saturated heterocycles. The summed E-state index contributed by atoms with van der Waals surface area (Å²) in [5.41, 5.74) is 4.44. The van der Waals surface area contributed by atoms with Crippen LogP contribution in [0.3, 0.4) is 0 Å². The highest BCUT2D eigenvalue weighted by atomic mass is 35.5. The summed E-state index contributed by atoms with van der Waals surface area (Å²) in [4.78, 5) is 21.6. The third kappa shape index (κ3) is 6.53. The molecule has 2 aromatic heterocycles. The highest BCUT2D eigenvalue weighted by Crippen LogP contribution is 2.29. The molecule has 1 aromatic carbocycles. The Hall–Kier alpha value is -2.72. The van der Waals surface area contributed by atoms with E-state index in [1.54, 1.807) is 6.20 Å². The van der Waals surface area contributed by atoms with Gasteiger partial charge < -0.3 is 10.2 Å². The summed E-state index contributed by atoms with van der Waals surface area (Å²) in [7, 11) is 0. The minimum Gasteiger partial charge on any atom is -0.349 e. The van der Waals surface area contributed by atoms with E-state index in [9.17, 15) is 10.1 Å². The van der Waals surface area contributed by atoms with Crippen LogP contribution in [0.4, 0.5) is 0 Å². The van der Waals surface area contributed by atoms with Crippen LogP contribution in [0, 0.1) is 17.2 Å². The largest absolute Gasteiger partial charge is 0.349 e. The Morgan fingerprint density at radius 1 is 1.06 bits per heavy atom. The second-order valence-electron chi connectivity index (χ2n) is 9.80. The second kappa shape index (κ2) is 12.5. The first kappa shape index (κ1) is 26.3. The van der Waals surface area contributed by atoms with Crippen molar-refractivity contribution in [3.8, 4) is 16.6 Å². The van der Waals surface area contributed by atoms with Crippen LogP contribution in [0.2, 0.25) is 0 Å². The maximum absolute atomic E-state index is 12.8. The molecule has 2 aliphatic rings. The number of pyridine rings is 1. The Kier molecular flexibility index (Phi) is 9.14. The van der Waals surface area contributed by atoms with Gasteiger partial charge in [-0.3, -0.25) is 9.78 Å². The van der Waals surface area contributed by atoms with Crippen molar-refractivity contribution in [2.75, 3.05) is 19.6 Å². The molecule has 1 amide bonds. The number of carbonyl (C=O) groups is 1. The van der Waals surface area contributed by atoms with E-state index in [4.69, 9.17) is 0 Å². The summed E-state index contributed by atoms with van der Waals surface area (Å²) in [6.07, 6.45) is 9.64. The van der Waals surface area contributed by atoms with E-state index in [-0.39, 0.29) is 24.4 Å². The molecule has 1 N–H and O–H groups in total. The van der Waals surface area contributed by atoms with Crippen LogP contribution in [-0.4, -0.2) is 41.5 Å². The van der Waals surface area contributed by atoms with Crippen LogP contribution in [0.5, 0.6) is 0 Å². The molecule has 1 aliphatic carbocycles. The van der Waals surface area contributed by atoms with E-state index in [2.05, 4.69) is 33.4 Å². The first-order chi connectivity index (χ1) is 17.2. The lowest BCUT2D eigenvalue weighted by molar-refractivity contribution is 0.0924. The van der Waals surface area contributed by atoms with Crippen LogP contribution in [0.15, 0.2) is 54.7 Å². The number of aromatic nitrogens is 1. The van der Waals surface area contributed by atoms with Gasteiger partial charge in [0, 0.05) is 25.3 Å². The van der Waals surface area contributed by atoms with E-state index in [1.165, 1.54) is 41.7 Å². The number of benzene rings is 1. The number of amides is 1. The third-order valence-corrected chi connectivity index (χ3v) is 8.62.